The number of amides is 1. The van der Waals surface area contributed by atoms with Crippen LogP contribution in [0.2, 0.25) is 0 Å². The molecule has 1 saturated heterocycles. The minimum Gasteiger partial charge on any atom is -0.496 e. The lowest BCUT2D eigenvalue weighted by molar-refractivity contribution is -0.117. The first-order valence-electron chi connectivity index (χ1n) is 9.57. The first kappa shape index (κ1) is 21.6. The zero-order valence-corrected chi connectivity index (χ0v) is 19.0. The molecule has 9 heteroatoms. The summed E-state index contributed by atoms with van der Waals surface area (Å²) >= 11 is 2.20. The minimum atomic E-state index is -0.147. The van der Waals surface area contributed by atoms with Crippen molar-refractivity contribution in [3.05, 3.63) is 27.5 Å². The number of anilines is 2. The van der Waals surface area contributed by atoms with E-state index in [2.05, 4.69) is 56.6 Å². The van der Waals surface area contributed by atoms with E-state index >= 15 is 0 Å². The summed E-state index contributed by atoms with van der Waals surface area (Å²) < 4.78 is 12.4. The molecule has 2 heterocycles. The Morgan fingerprint density at radius 2 is 2.00 bits per heavy atom. The van der Waals surface area contributed by atoms with Crippen molar-refractivity contribution in [2.24, 2.45) is 0 Å². The molecule has 8 nitrogen and oxygen atoms in total. The van der Waals surface area contributed by atoms with E-state index in [-0.39, 0.29) is 23.6 Å². The van der Waals surface area contributed by atoms with E-state index in [9.17, 15) is 4.79 Å². The lowest BCUT2D eigenvalue weighted by Gasteiger charge is -2.17. The Bertz CT molecular complexity index is 885. The van der Waals surface area contributed by atoms with Gasteiger partial charge in [-0.3, -0.25) is 15.0 Å². The number of benzene rings is 1. The average Bonchev–Trinajstić information content (AvgIpc) is 3.16. The smallest absolute Gasteiger partial charge is 0.240 e. The summed E-state index contributed by atoms with van der Waals surface area (Å²) in [5.74, 6) is 2.22. The van der Waals surface area contributed by atoms with Gasteiger partial charge in [-0.05, 0) is 66.6 Å². The highest BCUT2D eigenvalue weighted by atomic mass is 127. The second-order valence-corrected chi connectivity index (χ2v) is 8.42. The molecular weight excluding hydrogens is 485 g/mol. The van der Waals surface area contributed by atoms with Crippen LogP contribution in [0.15, 0.2) is 18.3 Å². The third-order valence-electron chi connectivity index (χ3n) is 4.73. The predicted molar refractivity (Wildman–Crippen MR) is 121 cm³/mol. The molecule has 1 aliphatic heterocycles. The van der Waals surface area contributed by atoms with Gasteiger partial charge < -0.3 is 15.2 Å². The fourth-order valence-electron chi connectivity index (χ4n) is 3.20. The Morgan fingerprint density at radius 3 is 2.62 bits per heavy atom. The fraction of sp³-hybridized carbons (Fsp3) is 0.450. The molecular formula is C20H26IN5O3. The van der Waals surface area contributed by atoms with Crippen LogP contribution in [0.25, 0.3) is 0 Å². The second-order valence-electron chi connectivity index (χ2n) is 7.26. The Balaban J connectivity index is 1.74. The quantitative estimate of drug-likeness (QED) is 0.548. The van der Waals surface area contributed by atoms with Gasteiger partial charge in [-0.1, -0.05) is 13.8 Å². The lowest BCUT2D eigenvalue weighted by atomic mass is 10.0. The summed E-state index contributed by atoms with van der Waals surface area (Å²) in [4.78, 5) is 22.6. The lowest BCUT2D eigenvalue weighted by Crippen LogP contribution is -2.31. The van der Waals surface area contributed by atoms with E-state index in [1.807, 2.05) is 12.1 Å². The van der Waals surface area contributed by atoms with Crippen LogP contribution in [0.3, 0.4) is 0 Å². The fourth-order valence-corrected chi connectivity index (χ4v) is 3.85. The van der Waals surface area contributed by atoms with Gasteiger partial charge in [0.15, 0.2) is 11.6 Å². The molecule has 3 rings (SSSR count). The summed E-state index contributed by atoms with van der Waals surface area (Å²) in [6.07, 6.45) is 3.74. The summed E-state index contributed by atoms with van der Waals surface area (Å²) in [5.41, 5.74) is 7.05. The Kier molecular flexibility index (Phi) is 7.12. The summed E-state index contributed by atoms with van der Waals surface area (Å²) in [5, 5.41) is 2.70. The van der Waals surface area contributed by atoms with Gasteiger partial charge in [0.1, 0.15) is 11.5 Å². The first-order valence-corrected chi connectivity index (χ1v) is 10.6. The van der Waals surface area contributed by atoms with Gasteiger partial charge in [0.2, 0.25) is 11.9 Å². The molecule has 1 amide bonds. The molecule has 0 atom stereocenters. The molecule has 0 bridgehead atoms. The molecule has 0 unspecified atom stereocenters. The monoisotopic (exact) mass is 511 g/mol. The maximum atomic E-state index is 12.2. The molecule has 29 heavy (non-hydrogen) atoms. The van der Waals surface area contributed by atoms with Crippen molar-refractivity contribution in [1.82, 2.24) is 14.9 Å². The zero-order chi connectivity index (χ0) is 21.0. The Morgan fingerprint density at radius 1 is 1.28 bits per heavy atom. The van der Waals surface area contributed by atoms with Gasteiger partial charge in [0, 0.05) is 5.56 Å². The predicted octanol–water partition coefficient (Wildman–Crippen LogP) is 3.62. The Labute approximate surface area is 184 Å². The van der Waals surface area contributed by atoms with Crippen molar-refractivity contribution in [3.8, 4) is 17.2 Å². The number of nitrogens with one attached hydrogen (secondary N) is 1. The van der Waals surface area contributed by atoms with Crippen LogP contribution in [0.4, 0.5) is 11.8 Å². The van der Waals surface area contributed by atoms with E-state index in [1.54, 1.807) is 7.11 Å². The summed E-state index contributed by atoms with van der Waals surface area (Å²) in [6, 6.07) is 3.87. The van der Waals surface area contributed by atoms with Gasteiger partial charge in [-0.15, -0.1) is 0 Å². The van der Waals surface area contributed by atoms with Gasteiger partial charge in [-0.25, -0.2) is 4.98 Å². The van der Waals surface area contributed by atoms with E-state index < -0.39 is 0 Å². The number of hydrogen-bond donors (Lipinski definition) is 2. The molecule has 0 spiro atoms. The number of methoxy groups -OCH3 is 1. The van der Waals surface area contributed by atoms with E-state index in [0.29, 0.717) is 18.0 Å². The first-order chi connectivity index (χ1) is 13.9. The number of halogens is 1. The molecule has 0 aliphatic carbocycles. The van der Waals surface area contributed by atoms with Crippen LogP contribution in [0.5, 0.6) is 17.2 Å². The standard InChI is InChI=1S/C20H26IN5O3/c1-12(2)13-8-16(28-3)14(21)9-15(13)29-17-10-23-20(25-19(17)22)24-18(27)11-26-6-4-5-7-26/h8-10,12H,4-7,11H2,1-3H3,(H3,22,23,24,25,27). The molecule has 0 saturated carbocycles. The maximum Gasteiger partial charge on any atom is 0.240 e. The number of hydrogen-bond acceptors (Lipinski definition) is 7. The maximum absolute atomic E-state index is 12.2. The third-order valence-corrected chi connectivity index (χ3v) is 5.57. The number of aromatic nitrogens is 2. The highest BCUT2D eigenvalue weighted by molar-refractivity contribution is 14.1. The van der Waals surface area contributed by atoms with Crippen molar-refractivity contribution in [1.29, 1.82) is 0 Å². The van der Waals surface area contributed by atoms with Crippen molar-refractivity contribution in [3.63, 3.8) is 0 Å². The molecule has 2 aromatic rings. The number of nitrogen functional groups attached to an aromatic ring is 1. The van der Waals surface area contributed by atoms with Crippen LogP contribution in [-0.2, 0) is 4.79 Å². The number of nitrogens with two attached hydrogens (primary N) is 1. The van der Waals surface area contributed by atoms with Crippen molar-refractivity contribution in [2.45, 2.75) is 32.6 Å². The highest BCUT2D eigenvalue weighted by Crippen LogP contribution is 2.37. The molecule has 3 N–H and O–H groups in total. The molecule has 1 fully saturated rings. The third kappa shape index (κ3) is 5.47. The van der Waals surface area contributed by atoms with Crippen LogP contribution < -0.4 is 20.5 Å². The SMILES string of the molecule is COc1cc(C(C)C)c(Oc2cnc(NC(=O)CN3CCCC3)nc2N)cc1I. The largest absolute Gasteiger partial charge is 0.496 e. The van der Waals surface area contributed by atoms with Crippen molar-refractivity contribution in [2.75, 3.05) is 37.8 Å². The number of carbonyl (C=O) groups excluding carboxylic acids is 1. The molecule has 0 radical (unpaired) electrons. The Hall–Kier alpha value is -2.14. The average molecular weight is 511 g/mol. The molecule has 1 aromatic heterocycles. The highest BCUT2D eigenvalue weighted by Gasteiger charge is 2.18. The van der Waals surface area contributed by atoms with E-state index in [1.165, 1.54) is 6.20 Å². The van der Waals surface area contributed by atoms with Crippen molar-refractivity contribution < 1.29 is 14.3 Å². The topological polar surface area (TPSA) is 103 Å². The number of likely N-dealkylation sites (tertiary alicyclic amines) is 1. The number of ether oxygens (including phenoxy) is 2. The van der Waals surface area contributed by atoms with Gasteiger partial charge in [0.05, 0.1) is 23.4 Å². The molecule has 1 aliphatic rings. The van der Waals surface area contributed by atoms with Crippen LogP contribution in [0, 0.1) is 3.57 Å². The normalized spacial score (nSPS) is 14.2. The van der Waals surface area contributed by atoms with Crippen molar-refractivity contribution >= 4 is 40.3 Å². The zero-order valence-electron chi connectivity index (χ0n) is 16.9. The summed E-state index contributed by atoms with van der Waals surface area (Å²) in [7, 11) is 1.64. The van der Waals surface area contributed by atoms with Crippen LogP contribution >= 0.6 is 22.6 Å². The van der Waals surface area contributed by atoms with Crippen LogP contribution in [-0.4, -0.2) is 47.5 Å². The van der Waals surface area contributed by atoms with Crippen LogP contribution in [0.1, 0.15) is 38.2 Å². The van der Waals surface area contributed by atoms with Gasteiger partial charge in [-0.2, -0.15) is 4.98 Å². The number of carbonyl (C=O) groups is 1. The minimum absolute atomic E-state index is 0.147. The molecule has 156 valence electrons. The number of rotatable bonds is 7. The number of nitrogens with zero attached hydrogens (tertiary/aromatic N) is 3. The van der Waals surface area contributed by atoms with E-state index in [0.717, 1.165) is 40.8 Å². The van der Waals surface area contributed by atoms with E-state index in [4.69, 9.17) is 15.2 Å². The molecule has 1 aromatic carbocycles. The summed E-state index contributed by atoms with van der Waals surface area (Å²) in [6.45, 7) is 6.38. The van der Waals surface area contributed by atoms with Gasteiger partial charge in [0.25, 0.3) is 0 Å². The second kappa shape index (κ2) is 9.57. The van der Waals surface area contributed by atoms with Gasteiger partial charge >= 0.3 is 0 Å².